The van der Waals surface area contributed by atoms with Gasteiger partial charge in [0.15, 0.2) is 6.10 Å². The fourth-order valence-corrected chi connectivity index (χ4v) is 5.27. The lowest BCUT2D eigenvalue weighted by Crippen LogP contribution is -2.28. The van der Waals surface area contributed by atoms with Gasteiger partial charge in [-0.05, 0) is 51.4 Å². The molecule has 45 heavy (non-hydrogen) atoms. The summed E-state index contributed by atoms with van der Waals surface area (Å²) in [7, 11) is 0. The van der Waals surface area contributed by atoms with Crippen LogP contribution in [0.2, 0.25) is 0 Å². The smallest absolute Gasteiger partial charge is 0.306 e. The van der Waals surface area contributed by atoms with Gasteiger partial charge in [-0.15, -0.1) is 0 Å². The zero-order chi connectivity index (χ0) is 32.9. The van der Waals surface area contributed by atoms with E-state index in [-0.39, 0.29) is 25.2 Å². The largest absolute Gasteiger partial charge is 0.462 e. The van der Waals surface area contributed by atoms with Crippen LogP contribution < -0.4 is 0 Å². The van der Waals surface area contributed by atoms with Crippen molar-refractivity contribution in [2.24, 2.45) is 0 Å². The zero-order valence-electron chi connectivity index (χ0n) is 29.6. The summed E-state index contributed by atoms with van der Waals surface area (Å²) in [5.74, 6) is -0.613. The summed E-state index contributed by atoms with van der Waals surface area (Å²) in [5.41, 5.74) is 0. The van der Waals surface area contributed by atoms with E-state index in [4.69, 9.17) is 9.47 Å². The zero-order valence-corrected chi connectivity index (χ0v) is 29.6. The molecule has 0 amide bonds. The summed E-state index contributed by atoms with van der Waals surface area (Å²) in [6.45, 7) is 4.09. The highest BCUT2D eigenvalue weighted by molar-refractivity contribution is 5.70. The van der Waals surface area contributed by atoms with Gasteiger partial charge in [-0.25, -0.2) is 0 Å². The SMILES string of the molecule is CCCCC/C=C/C/C=C/C/C=C/CCCCCCC(=O)OC[C@H](CO)OC(=O)CCCCCCCCCCCCCCCC. The van der Waals surface area contributed by atoms with Crippen LogP contribution in [0, 0.1) is 0 Å². The van der Waals surface area contributed by atoms with Crippen LogP contribution in [0.5, 0.6) is 0 Å². The summed E-state index contributed by atoms with van der Waals surface area (Å²) in [6.07, 6.45) is 43.4. The topological polar surface area (TPSA) is 72.8 Å². The molecule has 5 heteroatoms. The molecule has 0 aromatic carbocycles. The normalized spacial score (nSPS) is 12.5. The highest BCUT2D eigenvalue weighted by Crippen LogP contribution is 2.14. The van der Waals surface area contributed by atoms with Crippen molar-refractivity contribution in [1.82, 2.24) is 0 Å². The third-order valence-electron chi connectivity index (χ3n) is 8.19. The molecule has 0 radical (unpaired) electrons. The Morgan fingerprint density at radius 2 is 0.889 bits per heavy atom. The fraction of sp³-hybridized carbons (Fsp3) is 0.800. The van der Waals surface area contributed by atoms with Gasteiger partial charge >= 0.3 is 11.9 Å². The van der Waals surface area contributed by atoms with Gasteiger partial charge in [-0.2, -0.15) is 0 Å². The van der Waals surface area contributed by atoms with Crippen LogP contribution in [0.25, 0.3) is 0 Å². The molecule has 0 saturated heterocycles. The van der Waals surface area contributed by atoms with Crippen LogP contribution >= 0.6 is 0 Å². The fourth-order valence-electron chi connectivity index (χ4n) is 5.27. The lowest BCUT2D eigenvalue weighted by Gasteiger charge is -2.15. The van der Waals surface area contributed by atoms with Crippen molar-refractivity contribution in [3.05, 3.63) is 36.5 Å². The van der Waals surface area contributed by atoms with E-state index in [1.165, 1.54) is 96.3 Å². The second-order valence-electron chi connectivity index (χ2n) is 12.7. The molecule has 0 aliphatic rings. The number of unbranched alkanes of at least 4 members (excludes halogenated alkanes) is 20. The molecule has 262 valence electrons. The number of carbonyl (C=O) groups excluding carboxylic acids is 2. The number of rotatable bonds is 34. The van der Waals surface area contributed by atoms with Crippen molar-refractivity contribution >= 4 is 11.9 Å². The van der Waals surface area contributed by atoms with Crippen molar-refractivity contribution in [3.63, 3.8) is 0 Å². The summed E-state index contributed by atoms with van der Waals surface area (Å²) in [4.78, 5) is 24.2. The molecule has 0 aliphatic heterocycles. The van der Waals surface area contributed by atoms with E-state index in [1.54, 1.807) is 0 Å². The lowest BCUT2D eigenvalue weighted by molar-refractivity contribution is -0.161. The Labute approximate surface area is 278 Å². The third kappa shape index (κ3) is 34.8. The standard InChI is InChI=1S/C40H72O5/c1-3-5-7-9-11-13-15-17-19-20-21-23-24-26-28-30-32-34-39(42)44-37-38(36-41)45-40(43)35-33-31-29-27-25-22-18-16-14-12-10-8-6-4-2/h11,13,17,19,21,23,38,41H,3-10,12,14-16,18,20,22,24-37H2,1-2H3/b13-11+,19-17+,23-21+/t38-/m0/s1. The number of hydrogen-bond donors (Lipinski definition) is 1. The van der Waals surface area contributed by atoms with Crippen LogP contribution in [0.15, 0.2) is 36.5 Å². The van der Waals surface area contributed by atoms with Gasteiger partial charge in [0.2, 0.25) is 0 Å². The number of hydrogen-bond acceptors (Lipinski definition) is 5. The van der Waals surface area contributed by atoms with Crippen LogP contribution in [0.3, 0.4) is 0 Å². The van der Waals surface area contributed by atoms with Crippen LogP contribution in [0.1, 0.15) is 187 Å². The minimum absolute atomic E-state index is 0.0751. The van der Waals surface area contributed by atoms with Gasteiger partial charge in [0.25, 0.3) is 0 Å². The number of ether oxygens (including phenoxy) is 2. The average Bonchev–Trinajstić information content (AvgIpc) is 3.04. The summed E-state index contributed by atoms with van der Waals surface area (Å²) >= 11 is 0. The second kappa shape index (κ2) is 36.6. The quantitative estimate of drug-likeness (QED) is 0.0434. The molecule has 0 bridgehead atoms. The lowest BCUT2D eigenvalue weighted by atomic mass is 10.0. The molecule has 0 heterocycles. The van der Waals surface area contributed by atoms with Gasteiger partial charge in [0.1, 0.15) is 6.61 Å². The van der Waals surface area contributed by atoms with E-state index in [1.807, 2.05) is 0 Å². The highest BCUT2D eigenvalue weighted by atomic mass is 16.6. The molecule has 5 nitrogen and oxygen atoms in total. The van der Waals surface area contributed by atoms with E-state index in [0.717, 1.165) is 64.2 Å². The van der Waals surface area contributed by atoms with Crippen molar-refractivity contribution < 1.29 is 24.2 Å². The highest BCUT2D eigenvalue weighted by Gasteiger charge is 2.16. The predicted octanol–water partition coefficient (Wildman–Crippen LogP) is 11.7. The summed E-state index contributed by atoms with van der Waals surface area (Å²) in [5, 5.41) is 9.53. The molecule has 0 aromatic heterocycles. The Hall–Kier alpha value is -1.88. The number of carbonyl (C=O) groups is 2. The molecule has 0 fully saturated rings. The molecule has 0 unspecified atom stereocenters. The van der Waals surface area contributed by atoms with Gasteiger partial charge in [0.05, 0.1) is 6.61 Å². The van der Waals surface area contributed by atoms with E-state index in [0.29, 0.717) is 12.8 Å². The first kappa shape index (κ1) is 43.1. The predicted molar refractivity (Wildman–Crippen MR) is 191 cm³/mol. The van der Waals surface area contributed by atoms with E-state index < -0.39 is 6.10 Å². The van der Waals surface area contributed by atoms with Gasteiger partial charge < -0.3 is 14.6 Å². The average molecular weight is 633 g/mol. The minimum Gasteiger partial charge on any atom is -0.462 e. The van der Waals surface area contributed by atoms with Gasteiger partial charge in [-0.1, -0.05) is 159 Å². The maximum absolute atomic E-state index is 12.1. The van der Waals surface area contributed by atoms with Gasteiger partial charge in [-0.3, -0.25) is 9.59 Å². The first-order chi connectivity index (χ1) is 22.1. The number of allylic oxidation sites excluding steroid dienone is 6. The molecule has 0 aromatic rings. The van der Waals surface area contributed by atoms with Crippen molar-refractivity contribution in [2.75, 3.05) is 13.2 Å². The van der Waals surface area contributed by atoms with E-state index in [9.17, 15) is 14.7 Å². The van der Waals surface area contributed by atoms with Crippen molar-refractivity contribution in [3.8, 4) is 0 Å². The van der Waals surface area contributed by atoms with E-state index in [2.05, 4.69) is 50.3 Å². The van der Waals surface area contributed by atoms with Gasteiger partial charge in [0, 0.05) is 12.8 Å². The molecular formula is C40H72O5. The van der Waals surface area contributed by atoms with Crippen molar-refractivity contribution in [2.45, 2.75) is 193 Å². The molecule has 1 atom stereocenters. The number of aliphatic hydroxyl groups excluding tert-OH is 1. The Morgan fingerprint density at radius 1 is 0.511 bits per heavy atom. The monoisotopic (exact) mass is 633 g/mol. The maximum Gasteiger partial charge on any atom is 0.306 e. The molecule has 1 N–H and O–H groups in total. The third-order valence-corrected chi connectivity index (χ3v) is 8.19. The summed E-state index contributed by atoms with van der Waals surface area (Å²) < 4.78 is 10.6. The second-order valence-corrected chi connectivity index (χ2v) is 12.7. The van der Waals surface area contributed by atoms with Crippen molar-refractivity contribution in [1.29, 1.82) is 0 Å². The van der Waals surface area contributed by atoms with Crippen LogP contribution in [0.4, 0.5) is 0 Å². The number of esters is 2. The maximum atomic E-state index is 12.1. The Kier molecular flexibility index (Phi) is 35.1. The molecular weight excluding hydrogens is 560 g/mol. The first-order valence-corrected chi connectivity index (χ1v) is 19.0. The Balaban J connectivity index is 3.60. The Bertz CT molecular complexity index is 726. The van der Waals surface area contributed by atoms with E-state index >= 15 is 0 Å². The van der Waals surface area contributed by atoms with Crippen LogP contribution in [-0.2, 0) is 19.1 Å². The Morgan fingerprint density at radius 3 is 1.38 bits per heavy atom. The number of aliphatic hydroxyl groups is 1. The molecule has 0 saturated carbocycles. The first-order valence-electron chi connectivity index (χ1n) is 19.0. The molecule has 0 spiro atoms. The molecule has 0 rings (SSSR count). The molecule has 0 aliphatic carbocycles. The minimum atomic E-state index is -0.776. The summed E-state index contributed by atoms with van der Waals surface area (Å²) in [6, 6.07) is 0. The van der Waals surface area contributed by atoms with Crippen LogP contribution in [-0.4, -0.2) is 36.4 Å².